The fourth-order valence-electron chi connectivity index (χ4n) is 2.39. The Kier molecular flexibility index (Phi) is 4.53. The van der Waals surface area contributed by atoms with E-state index < -0.39 is 5.97 Å². The second-order valence-corrected chi connectivity index (χ2v) is 5.51. The van der Waals surface area contributed by atoms with Gasteiger partial charge in [-0.25, -0.2) is 4.79 Å². The van der Waals surface area contributed by atoms with E-state index in [4.69, 9.17) is 16.3 Å². The number of ether oxygens (including phenoxy) is 1. The van der Waals surface area contributed by atoms with Gasteiger partial charge in [0.25, 0.3) is 0 Å². The third-order valence-corrected chi connectivity index (χ3v) is 3.73. The number of carbonyl (C=O) groups excluding carboxylic acids is 1. The molecule has 0 bridgehead atoms. The molecule has 122 valence electrons. The molecule has 1 aromatic heterocycles. The Balaban J connectivity index is 2.13. The van der Waals surface area contributed by atoms with Gasteiger partial charge in [0.15, 0.2) is 0 Å². The molecule has 0 aliphatic heterocycles. The van der Waals surface area contributed by atoms with Gasteiger partial charge < -0.3 is 14.8 Å². The number of benzene rings is 2. The van der Waals surface area contributed by atoms with Crippen molar-refractivity contribution in [2.24, 2.45) is 4.99 Å². The summed E-state index contributed by atoms with van der Waals surface area (Å²) in [6.07, 6.45) is 1.52. The molecule has 3 rings (SSSR count). The standard InChI is InChI=1S/C18H15ClN2O3/c1-2-24-18(23)17-13(10-20-15-5-3-4-6-16(15)22)12-9-11(19)7-8-14(12)21-17/h3-10,21-22H,2H2,1H3. The molecule has 3 aromatic rings. The van der Waals surface area contributed by atoms with Gasteiger partial charge >= 0.3 is 5.97 Å². The van der Waals surface area contributed by atoms with Crippen molar-refractivity contribution in [3.05, 3.63) is 58.7 Å². The van der Waals surface area contributed by atoms with E-state index in [1.807, 2.05) is 0 Å². The molecule has 0 aliphatic carbocycles. The number of rotatable bonds is 4. The molecular weight excluding hydrogens is 328 g/mol. The van der Waals surface area contributed by atoms with E-state index in [-0.39, 0.29) is 12.4 Å². The minimum Gasteiger partial charge on any atom is -0.506 e. The number of fused-ring (bicyclic) bond motifs is 1. The van der Waals surface area contributed by atoms with E-state index in [0.717, 1.165) is 10.9 Å². The summed E-state index contributed by atoms with van der Waals surface area (Å²) in [6.45, 7) is 2.01. The Morgan fingerprint density at radius 3 is 2.88 bits per heavy atom. The maximum Gasteiger partial charge on any atom is 0.355 e. The molecular formula is C18H15ClN2O3. The lowest BCUT2D eigenvalue weighted by atomic mass is 10.1. The molecule has 0 spiro atoms. The number of carbonyl (C=O) groups is 1. The lowest BCUT2D eigenvalue weighted by Crippen LogP contribution is -2.07. The van der Waals surface area contributed by atoms with Crippen molar-refractivity contribution in [3.8, 4) is 5.75 Å². The Bertz CT molecular complexity index is 931. The van der Waals surface area contributed by atoms with Crippen LogP contribution in [0.5, 0.6) is 5.75 Å². The number of para-hydroxylation sites is 2. The third-order valence-electron chi connectivity index (χ3n) is 3.49. The number of aromatic amines is 1. The molecule has 0 amide bonds. The number of nitrogens with zero attached hydrogens (tertiary/aromatic N) is 1. The number of hydrogen-bond donors (Lipinski definition) is 2. The van der Waals surface area contributed by atoms with Crippen LogP contribution >= 0.6 is 11.6 Å². The largest absolute Gasteiger partial charge is 0.506 e. The average molecular weight is 343 g/mol. The predicted octanol–water partition coefficient (Wildman–Crippen LogP) is 4.45. The summed E-state index contributed by atoms with van der Waals surface area (Å²) in [6, 6.07) is 12.0. The predicted molar refractivity (Wildman–Crippen MR) is 94.6 cm³/mol. The quantitative estimate of drug-likeness (QED) is 0.543. The van der Waals surface area contributed by atoms with E-state index in [2.05, 4.69) is 9.98 Å². The van der Waals surface area contributed by atoms with Crippen LogP contribution in [-0.2, 0) is 4.74 Å². The van der Waals surface area contributed by atoms with Crippen LogP contribution in [0, 0.1) is 0 Å². The number of halogens is 1. The Morgan fingerprint density at radius 2 is 2.12 bits per heavy atom. The molecule has 0 saturated carbocycles. The van der Waals surface area contributed by atoms with Gasteiger partial charge in [0, 0.05) is 27.7 Å². The van der Waals surface area contributed by atoms with Crippen molar-refractivity contribution < 1.29 is 14.6 Å². The van der Waals surface area contributed by atoms with Gasteiger partial charge in [-0.2, -0.15) is 0 Å². The zero-order chi connectivity index (χ0) is 17.1. The fourth-order valence-corrected chi connectivity index (χ4v) is 2.56. The van der Waals surface area contributed by atoms with Gasteiger partial charge in [0.2, 0.25) is 0 Å². The molecule has 0 fully saturated rings. The van der Waals surface area contributed by atoms with Crippen molar-refractivity contribution in [1.29, 1.82) is 0 Å². The minimum atomic E-state index is -0.469. The minimum absolute atomic E-state index is 0.0595. The zero-order valence-electron chi connectivity index (χ0n) is 12.9. The SMILES string of the molecule is CCOC(=O)c1[nH]c2ccc(Cl)cc2c1C=Nc1ccccc1O. The maximum absolute atomic E-state index is 12.2. The Morgan fingerprint density at radius 1 is 1.33 bits per heavy atom. The highest BCUT2D eigenvalue weighted by Crippen LogP contribution is 2.28. The first-order chi connectivity index (χ1) is 11.6. The lowest BCUT2D eigenvalue weighted by molar-refractivity contribution is 0.0520. The van der Waals surface area contributed by atoms with Crippen LogP contribution in [0.15, 0.2) is 47.5 Å². The summed E-state index contributed by atoms with van der Waals surface area (Å²) in [5, 5.41) is 11.1. The fraction of sp³-hybridized carbons (Fsp3) is 0.111. The average Bonchev–Trinajstić information content (AvgIpc) is 2.92. The van der Waals surface area contributed by atoms with Crippen LogP contribution in [0.1, 0.15) is 23.0 Å². The molecule has 0 atom stereocenters. The molecule has 5 nitrogen and oxygen atoms in total. The van der Waals surface area contributed by atoms with Crippen molar-refractivity contribution in [2.75, 3.05) is 6.61 Å². The summed E-state index contributed by atoms with van der Waals surface area (Å²) >= 11 is 6.07. The van der Waals surface area contributed by atoms with E-state index in [9.17, 15) is 9.90 Å². The molecule has 2 N–H and O–H groups in total. The van der Waals surface area contributed by atoms with Crippen LogP contribution in [0.25, 0.3) is 10.9 Å². The van der Waals surface area contributed by atoms with Gasteiger partial charge in [-0.05, 0) is 37.3 Å². The zero-order valence-corrected chi connectivity index (χ0v) is 13.7. The highest BCUT2D eigenvalue weighted by Gasteiger charge is 2.18. The number of aliphatic imine (C=N–C) groups is 1. The molecule has 0 unspecified atom stereocenters. The van der Waals surface area contributed by atoms with Crippen LogP contribution in [0.2, 0.25) is 5.02 Å². The van der Waals surface area contributed by atoms with E-state index >= 15 is 0 Å². The monoisotopic (exact) mass is 342 g/mol. The van der Waals surface area contributed by atoms with Crippen LogP contribution in [0.3, 0.4) is 0 Å². The summed E-state index contributed by atoms with van der Waals surface area (Å²) < 4.78 is 5.09. The molecule has 6 heteroatoms. The second kappa shape index (κ2) is 6.76. The van der Waals surface area contributed by atoms with Gasteiger partial charge in [0.1, 0.15) is 17.1 Å². The lowest BCUT2D eigenvalue weighted by Gasteiger charge is -2.01. The van der Waals surface area contributed by atoms with Crippen molar-refractivity contribution in [1.82, 2.24) is 4.98 Å². The second-order valence-electron chi connectivity index (χ2n) is 5.07. The van der Waals surface area contributed by atoms with E-state index in [1.54, 1.807) is 49.4 Å². The van der Waals surface area contributed by atoms with Crippen molar-refractivity contribution >= 4 is 40.4 Å². The van der Waals surface area contributed by atoms with Gasteiger partial charge in [-0.15, -0.1) is 0 Å². The number of aromatic nitrogens is 1. The number of aromatic hydroxyl groups is 1. The number of H-pyrrole nitrogens is 1. The smallest absolute Gasteiger partial charge is 0.355 e. The van der Waals surface area contributed by atoms with Gasteiger partial charge in [-0.3, -0.25) is 4.99 Å². The summed E-state index contributed by atoms with van der Waals surface area (Å²) in [4.78, 5) is 19.5. The van der Waals surface area contributed by atoms with Gasteiger partial charge in [-0.1, -0.05) is 23.7 Å². The van der Waals surface area contributed by atoms with E-state index in [1.165, 1.54) is 6.21 Å². The molecule has 0 saturated heterocycles. The van der Waals surface area contributed by atoms with Crippen LogP contribution in [0.4, 0.5) is 5.69 Å². The molecule has 0 radical (unpaired) electrons. The highest BCUT2D eigenvalue weighted by atomic mass is 35.5. The summed E-state index contributed by atoms with van der Waals surface area (Å²) in [5.41, 5.74) is 2.02. The maximum atomic E-state index is 12.2. The first kappa shape index (κ1) is 16.1. The summed E-state index contributed by atoms with van der Waals surface area (Å²) in [7, 11) is 0. The first-order valence-corrected chi connectivity index (χ1v) is 7.78. The topological polar surface area (TPSA) is 74.7 Å². The molecule has 1 heterocycles. The van der Waals surface area contributed by atoms with E-state index in [0.29, 0.717) is 22.0 Å². The summed E-state index contributed by atoms with van der Waals surface area (Å²) in [5.74, 6) is -0.409. The Hall–Kier alpha value is -2.79. The van der Waals surface area contributed by atoms with Crippen LogP contribution < -0.4 is 0 Å². The van der Waals surface area contributed by atoms with Crippen LogP contribution in [-0.4, -0.2) is 28.9 Å². The number of nitrogens with one attached hydrogen (secondary N) is 1. The number of hydrogen-bond acceptors (Lipinski definition) is 4. The third kappa shape index (κ3) is 3.12. The normalized spacial score (nSPS) is 11.2. The van der Waals surface area contributed by atoms with Crippen molar-refractivity contribution in [3.63, 3.8) is 0 Å². The van der Waals surface area contributed by atoms with Crippen molar-refractivity contribution in [2.45, 2.75) is 6.92 Å². The van der Waals surface area contributed by atoms with Gasteiger partial charge in [0.05, 0.1) is 6.61 Å². The Labute approximate surface area is 143 Å². The first-order valence-electron chi connectivity index (χ1n) is 7.40. The molecule has 2 aromatic carbocycles. The highest BCUT2D eigenvalue weighted by molar-refractivity contribution is 6.31. The number of phenolic OH excluding ortho intramolecular Hbond substituents is 1. The molecule has 0 aliphatic rings. The number of esters is 1. The number of phenols is 1. The molecule has 24 heavy (non-hydrogen) atoms.